The zero-order valence-corrected chi connectivity index (χ0v) is 6.70. The third-order valence-corrected chi connectivity index (χ3v) is 2.19. The molecule has 0 bridgehead atoms. The van der Waals surface area contributed by atoms with Crippen LogP contribution in [0.5, 0.6) is 0 Å². The van der Waals surface area contributed by atoms with E-state index in [1.807, 2.05) is 0 Å². The van der Waals surface area contributed by atoms with Gasteiger partial charge in [-0.1, -0.05) is 0 Å². The zero-order chi connectivity index (χ0) is 9.42. The predicted octanol–water partition coefficient (Wildman–Crippen LogP) is -3.29. The van der Waals surface area contributed by atoms with E-state index in [0.29, 0.717) is 17.9 Å². The molecule has 2 heterocycles. The third-order valence-electron chi connectivity index (χ3n) is 2.19. The number of carbonyl (C=O) groups excluding carboxylic acids is 1. The monoisotopic (exact) mass is 184 g/mol. The van der Waals surface area contributed by atoms with E-state index in [-0.39, 0.29) is 12.0 Å². The van der Waals surface area contributed by atoms with E-state index in [2.05, 4.69) is 5.16 Å². The molecule has 70 valence electrons. The molecule has 1 atom stereocenters. The number of carbonyl (C=O) groups is 1. The molecule has 0 radical (unpaired) electrons. The number of aliphatic carboxylic acids is 1. The Kier molecular flexibility index (Phi) is 1.70. The Morgan fingerprint density at radius 3 is 3.15 bits per heavy atom. The normalized spacial score (nSPS) is 21.1. The van der Waals surface area contributed by atoms with Gasteiger partial charge >= 0.3 is 0 Å². The van der Waals surface area contributed by atoms with Gasteiger partial charge in [0.25, 0.3) is 5.56 Å². The fourth-order valence-corrected chi connectivity index (χ4v) is 1.46. The first-order chi connectivity index (χ1) is 6.18. The van der Waals surface area contributed by atoms with E-state index in [4.69, 9.17) is 4.52 Å². The zero-order valence-electron chi connectivity index (χ0n) is 6.70. The van der Waals surface area contributed by atoms with E-state index in [9.17, 15) is 14.7 Å². The van der Waals surface area contributed by atoms with Gasteiger partial charge in [-0.2, -0.15) is 5.16 Å². The van der Waals surface area contributed by atoms with E-state index < -0.39 is 12.0 Å². The minimum atomic E-state index is -1.15. The summed E-state index contributed by atoms with van der Waals surface area (Å²) in [6.45, 7) is 0.368. The molecule has 6 nitrogen and oxygen atoms in total. The highest BCUT2D eigenvalue weighted by Crippen LogP contribution is 2.06. The number of carboxylic acids is 1. The van der Waals surface area contributed by atoms with E-state index >= 15 is 0 Å². The van der Waals surface area contributed by atoms with Crippen molar-refractivity contribution in [3.63, 3.8) is 0 Å². The van der Waals surface area contributed by atoms with E-state index in [0.717, 1.165) is 0 Å². The summed E-state index contributed by atoms with van der Waals surface area (Å²) in [6.07, 6.45) is 0.170. The van der Waals surface area contributed by atoms with Gasteiger partial charge in [0.2, 0.25) is 0 Å². The Morgan fingerprint density at radius 2 is 2.46 bits per heavy atom. The van der Waals surface area contributed by atoms with Crippen molar-refractivity contribution in [1.82, 2.24) is 5.16 Å². The summed E-state index contributed by atoms with van der Waals surface area (Å²) in [4.78, 5) is 21.6. The van der Waals surface area contributed by atoms with Gasteiger partial charge in [0, 0.05) is 6.42 Å². The van der Waals surface area contributed by atoms with Crippen molar-refractivity contribution < 1.29 is 19.7 Å². The maximum Gasteiger partial charge on any atom is 0.283 e. The van der Waals surface area contributed by atoms with Crippen LogP contribution in [0.15, 0.2) is 9.32 Å². The summed E-state index contributed by atoms with van der Waals surface area (Å²) in [7, 11) is 0. The first kappa shape index (κ1) is 8.06. The van der Waals surface area contributed by atoms with Gasteiger partial charge in [-0.15, -0.1) is 0 Å². The van der Waals surface area contributed by atoms with Gasteiger partial charge in [-0.25, -0.2) is 0 Å². The summed E-state index contributed by atoms with van der Waals surface area (Å²) in [5.41, 5.74) is 0.0889. The Labute approximate surface area is 72.5 Å². The number of H-pyrrole nitrogens is 1. The molecular formula is C7H8N2O4. The summed E-state index contributed by atoms with van der Waals surface area (Å²) in [6, 6.07) is -0.675. The lowest BCUT2D eigenvalue weighted by Crippen LogP contribution is -2.93. The molecule has 1 aromatic heterocycles. The Morgan fingerprint density at radius 1 is 1.69 bits per heavy atom. The molecular weight excluding hydrogens is 176 g/mol. The Balaban J connectivity index is 2.33. The van der Waals surface area contributed by atoms with Gasteiger partial charge in [-0.05, 0) is 0 Å². The molecule has 0 saturated heterocycles. The Hall–Kier alpha value is -1.56. The van der Waals surface area contributed by atoms with Gasteiger partial charge in [-0.3, -0.25) is 4.79 Å². The highest BCUT2D eigenvalue weighted by atomic mass is 16.5. The topological polar surface area (TPSA) is 103 Å². The molecule has 0 spiro atoms. The smallest absolute Gasteiger partial charge is 0.283 e. The average molecular weight is 184 g/mol. The molecule has 13 heavy (non-hydrogen) atoms. The van der Waals surface area contributed by atoms with Gasteiger partial charge < -0.3 is 19.7 Å². The maximum absolute atomic E-state index is 11.1. The lowest BCUT2D eigenvalue weighted by Gasteiger charge is -2.18. The van der Waals surface area contributed by atoms with Crippen molar-refractivity contribution >= 4 is 5.97 Å². The van der Waals surface area contributed by atoms with Crippen molar-refractivity contribution in [1.29, 1.82) is 0 Å². The fourth-order valence-electron chi connectivity index (χ4n) is 1.46. The largest absolute Gasteiger partial charge is 0.544 e. The number of nitrogens with one attached hydrogen (secondary N) is 1. The quantitative estimate of drug-likeness (QED) is 0.477. The number of hydrogen-bond donors (Lipinski definition) is 2. The van der Waals surface area contributed by atoms with Gasteiger partial charge in [0.15, 0.2) is 5.76 Å². The van der Waals surface area contributed by atoms with E-state index in [1.54, 1.807) is 5.32 Å². The molecule has 1 aliphatic rings. The molecule has 1 aromatic rings. The molecule has 0 saturated carbocycles. The summed E-state index contributed by atoms with van der Waals surface area (Å²) < 4.78 is 4.83. The number of carboxylic acid groups (broad SMARTS) is 1. The van der Waals surface area contributed by atoms with E-state index in [1.165, 1.54) is 0 Å². The number of hydrogen-bond acceptors (Lipinski definition) is 4. The number of rotatable bonds is 1. The standard InChI is InChI=1S/C7H8N2O4/c10-6-3-1-4(7(11)12)8-2-5(3)13-9-6/h4,8H,1-2H2,(H,9,10)(H,11,12)/t4-/m1/s1. The summed E-state index contributed by atoms with van der Waals surface area (Å²) in [5.74, 6) is -0.617. The van der Waals surface area contributed by atoms with Crippen molar-refractivity contribution in [3.8, 4) is 0 Å². The first-order valence-corrected chi connectivity index (χ1v) is 3.92. The molecule has 1 aliphatic heterocycles. The lowest BCUT2D eigenvalue weighted by atomic mass is 10.0. The summed E-state index contributed by atoms with van der Waals surface area (Å²) in [5, 5.41) is 14.3. The molecule has 3 N–H and O–H groups in total. The van der Waals surface area contributed by atoms with Crippen LogP contribution in [0.3, 0.4) is 0 Å². The number of quaternary nitrogens is 1. The van der Waals surface area contributed by atoms with Gasteiger partial charge in [0.05, 0.1) is 11.5 Å². The second-order valence-corrected chi connectivity index (χ2v) is 3.00. The minimum absolute atomic E-state index is 0.170. The molecule has 2 rings (SSSR count). The van der Waals surface area contributed by atoms with Crippen LogP contribution in [0.2, 0.25) is 0 Å². The number of aromatic nitrogens is 1. The molecule has 0 unspecified atom stereocenters. The van der Waals surface area contributed by atoms with Crippen LogP contribution in [0, 0.1) is 0 Å². The number of aromatic amines is 1. The van der Waals surface area contributed by atoms with Crippen LogP contribution in [0.25, 0.3) is 0 Å². The maximum atomic E-state index is 11.1. The van der Waals surface area contributed by atoms with Crippen LogP contribution in [-0.4, -0.2) is 17.2 Å². The second-order valence-electron chi connectivity index (χ2n) is 3.00. The van der Waals surface area contributed by atoms with Crippen molar-refractivity contribution in [2.75, 3.05) is 0 Å². The van der Waals surface area contributed by atoms with Gasteiger partial charge in [0.1, 0.15) is 12.6 Å². The average Bonchev–Trinajstić information content (AvgIpc) is 2.47. The fraction of sp³-hybridized carbons (Fsp3) is 0.429. The van der Waals surface area contributed by atoms with Crippen LogP contribution < -0.4 is 16.0 Å². The number of nitrogens with two attached hydrogens (primary N) is 1. The molecule has 6 heteroatoms. The van der Waals surface area contributed by atoms with Crippen LogP contribution in [0.1, 0.15) is 11.3 Å². The van der Waals surface area contributed by atoms with Crippen LogP contribution >= 0.6 is 0 Å². The summed E-state index contributed by atoms with van der Waals surface area (Å²) >= 11 is 0. The predicted molar refractivity (Wildman–Crippen MR) is 37.5 cm³/mol. The van der Waals surface area contributed by atoms with Crippen LogP contribution in [0.4, 0.5) is 0 Å². The SMILES string of the molecule is O=C([O-])[C@H]1Cc2c(o[nH]c2=O)C[NH2+]1. The highest BCUT2D eigenvalue weighted by Gasteiger charge is 2.27. The minimum Gasteiger partial charge on any atom is -0.544 e. The molecule has 0 amide bonds. The third kappa shape index (κ3) is 1.25. The van der Waals surface area contributed by atoms with Crippen molar-refractivity contribution in [2.45, 2.75) is 19.0 Å². The van der Waals surface area contributed by atoms with Crippen molar-refractivity contribution in [2.24, 2.45) is 0 Å². The van der Waals surface area contributed by atoms with Crippen molar-refractivity contribution in [3.05, 3.63) is 21.7 Å². The second kappa shape index (κ2) is 2.74. The Bertz CT molecular complexity index is 391. The molecule has 0 fully saturated rings. The highest BCUT2D eigenvalue weighted by molar-refractivity contribution is 5.70. The van der Waals surface area contributed by atoms with Crippen LogP contribution in [-0.2, 0) is 17.8 Å². The molecule has 0 aliphatic carbocycles. The number of fused-ring (bicyclic) bond motifs is 1. The molecule has 0 aromatic carbocycles. The first-order valence-electron chi connectivity index (χ1n) is 3.92. The lowest BCUT2D eigenvalue weighted by molar-refractivity contribution is -0.703.